The van der Waals surface area contributed by atoms with Gasteiger partial charge < -0.3 is 18.8 Å². The molecule has 4 aromatic rings. The second-order valence-electron chi connectivity index (χ2n) is 7.65. The van der Waals surface area contributed by atoms with Gasteiger partial charge in [0, 0.05) is 49.3 Å². The van der Waals surface area contributed by atoms with Gasteiger partial charge in [-0.3, -0.25) is 4.79 Å². The fraction of sp³-hybridized carbons (Fsp3) is 0.261. The molecule has 3 heterocycles. The van der Waals surface area contributed by atoms with Crippen molar-refractivity contribution in [1.29, 1.82) is 0 Å². The van der Waals surface area contributed by atoms with Crippen LogP contribution in [0.5, 0.6) is 0 Å². The highest BCUT2D eigenvalue weighted by Gasteiger charge is 2.22. The van der Waals surface area contributed by atoms with Crippen LogP contribution in [0.3, 0.4) is 0 Å². The quantitative estimate of drug-likeness (QED) is 0.407. The van der Waals surface area contributed by atoms with Crippen LogP contribution >= 0.6 is 23.4 Å². The molecule has 1 fully saturated rings. The van der Waals surface area contributed by atoms with Gasteiger partial charge in [-0.05, 0) is 36.4 Å². The molecule has 0 aliphatic carbocycles. The number of nitrogens with zero attached hydrogens (tertiary/aromatic N) is 5. The van der Waals surface area contributed by atoms with E-state index in [2.05, 4.69) is 27.2 Å². The third-order valence-corrected chi connectivity index (χ3v) is 6.85. The van der Waals surface area contributed by atoms with Gasteiger partial charge in [-0.15, -0.1) is 10.2 Å². The number of amides is 1. The van der Waals surface area contributed by atoms with Gasteiger partial charge in [-0.25, -0.2) is 0 Å². The first kappa shape index (κ1) is 20.9. The maximum Gasteiger partial charge on any atom is 0.233 e. The number of rotatable bonds is 5. The molecule has 1 saturated heterocycles. The van der Waals surface area contributed by atoms with Gasteiger partial charge in [0.2, 0.25) is 5.91 Å². The summed E-state index contributed by atoms with van der Waals surface area (Å²) in [7, 11) is 1.88. The molecule has 0 saturated carbocycles. The van der Waals surface area contributed by atoms with E-state index >= 15 is 0 Å². The van der Waals surface area contributed by atoms with Crippen LogP contribution in [-0.2, 0) is 11.8 Å². The summed E-state index contributed by atoms with van der Waals surface area (Å²) in [6.45, 7) is 3.12. The predicted octanol–water partition coefficient (Wildman–Crippen LogP) is 4.32. The number of para-hydroxylation sites is 1. The van der Waals surface area contributed by atoms with Gasteiger partial charge in [0.05, 0.1) is 5.75 Å². The van der Waals surface area contributed by atoms with Crippen LogP contribution in [0.4, 0.5) is 5.69 Å². The Bertz CT molecular complexity index is 1250. The van der Waals surface area contributed by atoms with E-state index in [-0.39, 0.29) is 5.91 Å². The molecule has 1 amide bonds. The number of hydrogen-bond acceptors (Lipinski definition) is 6. The number of thioether (sulfide) groups is 1. The largest absolute Gasteiger partial charge is 0.453 e. The molecule has 0 atom stereocenters. The molecule has 164 valence electrons. The number of aromatic nitrogens is 3. The van der Waals surface area contributed by atoms with Crippen molar-refractivity contribution in [2.24, 2.45) is 7.05 Å². The first-order valence-corrected chi connectivity index (χ1v) is 11.7. The van der Waals surface area contributed by atoms with Crippen molar-refractivity contribution in [2.75, 3.05) is 36.8 Å². The minimum absolute atomic E-state index is 0.116. The highest BCUT2D eigenvalue weighted by Crippen LogP contribution is 2.30. The first-order valence-electron chi connectivity index (χ1n) is 10.4. The molecule has 2 aromatic carbocycles. The fourth-order valence-corrected chi connectivity index (χ4v) is 4.84. The van der Waals surface area contributed by atoms with Gasteiger partial charge in [-0.2, -0.15) is 0 Å². The van der Waals surface area contributed by atoms with E-state index in [1.165, 1.54) is 17.4 Å². The summed E-state index contributed by atoms with van der Waals surface area (Å²) in [5.41, 5.74) is 1.94. The molecule has 7 nitrogen and oxygen atoms in total. The predicted molar refractivity (Wildman–Crippen MR) is 127 cm³/mol. The van der Waals surface area contributed by atoms with E-state index < -0.39 is 0 Å². The molecular weight excluding hydrogens is 446 g/mol. The van der Waals surface area contributed by atoms with Crippen molar-refractivity contribution in [3.8, 4) is 11.6 Å². The Morgan fingerprint density at radius 2 is 1.84 bits per heavy atom. The second-order valence-corrected chi connectivity index (χ2v) is 9.03. The SMILES string of the molecule is Cn1c(SCC(=O)N2CCN(c3ccccc3)CC2)nnc1-c1cc2cc(Cl)ccc2o1. The standard InChI is InChI=1S/C23H22ClN5O2S/c1-27-22(20-14-16-13-17(24)7-8-19(16)31-20)25-26-23(27)32-15-21(30)29-11-9-28(10-12-29)18-5-3-2-4-6-18/h2-8,13-14H,9-12,15H2,1H3. The van der Waals surface area contributed by atoms with Crippen molar-refractivity contribution in [3.63, 3.8) is 0 Å². The van der Waals surface area contributed by atoms with E-state index in [0.717, 1.165) is 37.1 Å². The summed E-state index contributed by atoms with van der Waals surface area (Å²) in [5, 5.41) is 10.8. The number of carbonyl (C=O) groups is 1. The molecule has 1 aliphatic rings. The van der Waals surface area contributed by atoms with Crippen LogP contribution in [0.1, 0.15) is 0 Å². The van der Waals surface area contributed by atoms with E-state index in [4.69, 9.17) is 16.0 Å². The van der Waals surface area contributed by atoms with Gasteiger partial charge in [-0.1, -0.05) is 41.6 Å². The monoisotopic (exact) mass is 467 g/mol. The zero-order valence-corrected chi connectivity index (χ0v) is 19.1. The molecule has 1 aliphatic heterocycles. The molecule has 9 heteroatoms. The summed E-state index contributed by atoms with van der Waals surface area (Å²) in [5.74, 6) is 1.68. The lowest BCUT2D eigenvalue weighted by Crippen LogP contribution is -2.49. The number of fused-ring (bicyclic) bond motifs is 1. The second kappa shape index (κ2) is 8.88. The summed E-state index contributed by atoms with van der Waals surface area (Å²) >= 11 is 7.46. The topological polar surface area (TPSA) is 67.4 Å². The van der Waals surface area contributed by atoms with Crippen LogP contribution in [0.25, 0.3) is 22.6 Å². The van der Waals surface area contributed by atoms with Crippen molar-refractivity contribution >= 4 is 45.9 Å². The van der Waals surface area contributed by atoms with Crippen LogP contribution < -0.4 is 4.90 Å². The number of anilines is 1. The van der Waals surface area contributed by atoms with Crippen molar-refractivity contribution in [3.05, 3.63) is 59.6 Å². The maximum atomic E-state index is 12.8. The van der Waals surface area contributed by atoms with Gasteiger partial charge in [0.25, 0.3) is 0 Å². The number of halogens is 1. The average Bonchev–Trinajstić information content (AvgIpc) is 3.40. The smallest absolute Gasteiger partial charge is 0.233 e. The molecular formula is C23H22ClN5O2S. The zero-order valence-electron chi connectivity index (χ0n) is 17.6. The molecule has 0 unspecified atom stereocenters. The molecule has 32 heavy (non-hydrogen) atoms. The summed E-state index contributed by atoms with van der Waals surface area (Å²) < 4.78 is 7.75. The molecule has 0 N–H and O–H groups in total. The molecule has 5 rings (SSSR count). The number of furan rings is 1. The Hall–Kier alpha value is -2.97. The number of hydrogen-bond donors (Lipinski definition) is 0. The van der Waals surface area contributed by atoms with E-state index in [9.17, 15) is 4.79 Å². The Morgan fingerprint density at radius 1 is 1.06 bits per heavy atom. The molecule has 0 spiro atoms. The third kappa shape index (κ3) is 4.20. The Balaban J connectivity index is 1.20. The first-order chi connectivity index (χ1) is 15.6. The highest BCUT2D eigenvalue weighted by molar-refractivity contribution is 7.99. The number of benzene rings is 2. The molecule has 0 radical (unpaired) electrons. The van der Waals surface area contributed by atoms with Crippen molar-refractivity contribution in [1.82, 2.24) is 19.7 Å². The Morgan fingerprint density at radius 3 is 2.62 bits per heavy atom. The number of piperazine rings is 1. The lowest BCUT2D eigenvalue weighted by molar-refractivity contribution is -0.128. The van der Waals surface area contributed by atoms with Gasteiger partial charge in [0.1, 0.15) is 5.58 Å². The molecule has 2 aromatic heterocycles. The minimum Gasteiger partial charge on any atom is -0.453 e. The minimum atomic E-state index is 0.116. The van der Waals surface area contributed by atoms with Gasteiger partial charge in [0.15, 0.2) is 16.7 Å². The van der Waals surface area contributed by atoms with Crippen LogP contribution in [-0.4, -0.2) is 57.5 Å². The average molecular weight is 468 g/mol. The van der Waals surface area contributed by atoms with Gasteiger partial charge >= 0.3 is 0 Å². The summed E-state index contributed by atoms with van der Waals surface area (Å²) in [4.78, 5) is 17.0. The Labute approximate surface area is 195 Å². The number of carbonyl (C=O) groups excluding carboxylic acids is 1. The maximum absolute atomic E-state index is 12.8. The lowest BCUT2D eigenvalue weighted by atomic mass is 10.2. The highest BCUT2D eigenvalue weighted by atomic mass is 35.5. The van der Waals surface area contributed by atoms with Crippen LogP contribution in [0.15, 0.2) is 64.2 Å². The van der Waals surface area contributed by atoms with Crippen LogP contribution in [0, 0.1) is 0 Å². The van der Waals surface area contributed by atoms with E-state index in [1.54, 1.807) is 6.07 Å². The summed E-state index contributed by atoms with van der Waals surface area (Å²) in [6, 6.07) is 17.7. The third-order valence-electron chi connectivity index (χ3n) is 5.61. The lowest BCUT2D eigenvalue weighted by Gasteiger charge is -2.36. The normalized spacial score (nSPS) is 14.3. The van der Waals surface area contributed by atoms with E-state index in [1.807, 2.05) is 52.9 Å². The van der Waals surface area contributed by atoms with Crippen molar-refractivity contribution in [2.45, 2.75) is 5.16 Å². The fourth-order valence-electron chi connectivity index (χ4n) is 3.85. The molecule has 0 bridgehead atoms. The van der Waals surface area contributed by atoms with E-state index in [0.29, 0.717) is 27.5 Å². The Kier molecular flexibility index (Phi) is 5.80. The van der Waals surface area contributed by atoms with Crippen LogP contribution in [0.2, 0.25) is 5.02 Å². The van der Waals surface area contributed by atoms with Crippen molar-refractivity contribution < 1.29 is 9.21 Å². The summed E-state index contributed by atoms with van der Waals surface area (Å²) in [6.07, 6.45) is 0. The zero-order chi connectivity index (χ0) is 22.1.